The van der Waals surface area contributed by atoms with Crippen molar-refractivity contribution in [3.63, 3.8) is 0 Å². The molecule has 0 aliphatic heterocycles. The summed E-state index contributed by atoms with van der Waals surface area (Å²) in [6.07, 6.45) is 3.47. The Morgan fingerprint density at radius 1 is 1.27 bits per heavy atom. The van der Waals surface area contributed by atoms with E-state index in [1.54, 1.807) is 0 Å². The van der Waals surface area contributed by atoms with Crippen LogP contribution in [0.1, 0.15) is 37.3 Å². The molecule has 0 amide bonds. The van der Waals surface area contributed by atoms with E-state index in [1.807, 2.05) is 25.1 Å². The number of aliphatic hydroxyl groups excluding tert-OH is 1. The number of aryl methyl sites for hydroxylation is 1. The first-order valence-corrected chi connectivity index (χ1v) is 5.61. The van der Waals surface area contributed by atoms with E-state index < -0.39 is 0 Å². The molecule has 0 saturated heterocycles. The van der Waals surface area contributed by atoms with Gasteiger partial charge in [0.2, 0.25) is 0 Å². The lowest BCUT2D eigenvalue weighted by Crippen LogP contribution is -2.00. The highest BCUT2D eigenvalue weighted by Gasteiger charge is 2.02. The van der Waals surface area contributed by atoms with E-state index in [0.717, 1.165) is 29.9 Å². The smallest absolute Gasteiger partial charge is 0.124 e. The Morgan fingerprint density at radius 3 is 2.73 bits per heavy atom. The highest BCUT2D eigenvalue weighted by molar-refractivity contribution is 5.36. The SMILES string of the molecule is CCCCCOc1ccc(C)cc1CO. The van der Waals surface area contributed by atoms with Crippen molar-refractivity contribution in [1.29, 1.82) is 0 Å². The van der Waals surface area contributed by atoms with Crippen LogP contribution in [0.4, 0.5) is 0 Å². The van der Waals surface area contributed by atoms with Crippen molar-refractivity contribution in [2.24, 2.45) is 0 Å². The maximum absolute atomic E-state index is 9.17. The predicted molar refractivity (Wildman–Crippen MR) is 62.1 cm³/mol. The molecule has 0 aliphatic carbocycles. The zero-order valence-electron chi connectivity index (χ0n) is 9.62. The Morgan fingerprint density at radius 2 is 2.07 bits per heavy atom. The Hall–Kier alpha value is -1.02. The van der Waals surface area contributed by atoms with Crippen molar-refractivity contribution >= 4 is 0 Å². The topological polar surface area (TPSA) is 29.5 Å². The summed E-state index contributed by atoms with van der Waals surface area (Å²) >= 11 is 0. The highest BCUT2D eigenvalue weighted by atomic mass is 16.5. The Kier molecular flexibility index (Phi) is 5.19. The lowest BCUT2D eigenvalue weighted by Gasteiger charge is -2.10. The Balaban J connectivity index is 2.52. The van der Waals surface area contributed by atoms with E-state index in [1.165, 1.54) is 12.8 Å². The molecule has 15 heavy (non-hydrogen) atoms. The van der Waals surface area contributed by atoms with Gasteiger partial charge in [-0.25, -0.2) is 0 Å². The maximum atomic E-state index is 9.17. The molecule has 1 aromatic carbocycles. The average molecular weight is 208 g/mol. The Labute approximate surface area is 91.9 Å². The van der Waals surface area contributed by atoms with Crippen molar-refractivity contribution in [2.75, 3.05) is 6.61 Å². The van der Waals surface area contributed by atoms with E-state index in [4.69, 9.17) is 9.84 Å². The van der Waals surface area contributed by atoms with E-state index in [0.29, 0.717) is 0 Å². The van der Waals surface area contributed by atoms with Gasteiger partial charge in [0.25, 0.3) is 0 Å². The number of rotatable bonds is 6. The first-order valence-electron chi connectivity index (χ1n) is 5.61. The quantitative estimate of drug-likeness (QED) is 0.728. The largest absolute Gasteiger partial charge is 0.493 e. The molecule has 0 saturated carbocycles. The molecule has 0 atom stereocenters. The third kappa shape index (κ3) is 3.92. The van der Waals surface area contributed by atoms with E-state index in [2.05, 4.69) is 6.92 Å². The summed E-state index contributed by atoms with van der Waals surface area (Å²) in [5.41, 5.74) is 2.03. The van der Waals surface area contributed by atoms with Gasteiger partial charge in [0, 0.05) is 5.56 Å². The van der Waals surface area contributed by atoms with Gasteiger partial charge in [-0.1, -0.05) is 37.5 Å². The van der Waals surface area contributed by atoms with Crippen molar-refractivity contribution < 1.29 is 9.84 Å². The van der Waals surface area contributed by atoms with Crippen LogP contribution in [0.2, 0.25) is 0 Å². The minimum atomic E-state index is 0.0464. The van der Waals surface area contributed by atoms with Crippen LogP contribution in [0.5, 0.6) is 5.75 Å². The fourth-order valence-corrected chi connectivity index (χ4v) is 1.51. The number of aliphatic hydroxyl groups is 1. The maximum Gasteiger partial charge on any atom is 0.124 e. The second-order valence-electron chi connectivity index (χ2n) is 3.82. The number of benzene rings is 1. The van der Waals surface area contributed by atoms with Gasteiger partial charge in [0.15, 0.2) is 0 Å². The van der Waals surface area contributed by atoms with Gasteiger partial charge in [0.1, 0.15) is 5.75 Å². The van der Waals surface area contributed by atoms with Gasteiger partial charge in [-0.2, -0.15) is 0 Å². The minimum absolute atomic E-state index is 0.0464. The van der Waals surface area contributed by atoms with Crippen LogP contribution in [-0.2, 0) is 6.61 Å². The molecule has 0 unspecified atom stereocenters. The van der Waals surface area contributed by atoms with E-state index >= 15 is 0 Å². The average Bonchev–Trinajstić information content (AvgIpc) is 2.26. The molecule has 0 fully saturated rings. The minimum Gasteiger partial charge on any atom is -0.493 e. The lowest BCUT2D eigenvalue weighted by atomic mass is 10.1. The summed E-state index contributed by atoms with van der Waals surface area (Å²) in [5, 5.41) is 9.17. The third-order valence-corrected chi connectivity index (χ3v) is 2.39. The van der Waals surface area contributed by atoms with Gasteiger partial charge in [0.05, 0.1) is 13.2 Å². The first kappa shape index (κ1) is 12.1. The molecule has 2 nitrogen and oxygen atoms in total. The Bertz CT molecular complexity index is 295. The number of ether oxygens (including phenoxy) is 1. The summed E-state index contributed by atoms with van der Waals surface area (Å²) in [4.78, 5) is 0. The van der Waals surface area contributed by atoms with E-state index in [9.17, 15) is 0 Å². The zero-order valence-corrected chi connectivity index (χ0v) is 9.62. The van der Waals surface area contributed by atoms with Gasteiger partial charge < -0.3 is 9.84 Å². The van der Waals surface area contributed by atoms with Gasteiger partial charge in [-0.05, 0) is 19.4 Å². The molecular formula is C13H20O2. The lowest BCUT2D eigenvalue weighted by molar-refractivity contribution is 0.260. The molecule has 0 bridgehead atoms. The van der Waals surface area contributed by atoms with Crippen LogP contribution in [0.25, 0.3) is 0 Å². The van der Waals surface area contributed by atoms with Crippen molar-refractivity contribution in [2.45, 2.75) is 39.7 Å². The predicted octanol–water partition coefficient (Wildman–Crippen LogP) is 3.06. The van der Waals surface area contributed by atoms with Crippen molar-refractivity contribution in [1.82, 2.24) is 0 Å². The normalized spacial score (nSPS) is 10.3. The summed E-state index contributed by atoms with van der Waals surface area (Å²) in [7, 11) is 0. The fraction of sp³-hybridized carbons (Fsp3) is 0.538. The standard InChI is InChI=1S/C13H20O2/c1-3-4-5-8-15-13-7-6-11(2)9-12(13)10-14/h6-7,9,14H,3-5,8,10H2,1-2H3. The summed E-state index contributed by atoms with van der Waals surface area (Å²) in [6.45, 7) is 4.97. The molecule has 2 heteroatoms. The van der Waals surface area contributed by atoms with Gasteiger partial charge in [-0.3, -0.25) is 0 Å². The van der Waals surface area contributed by atoms with Crippen LogP contribution < -0.4 is 4.74 Å². The fourth-order valence-electron chi connectivity index (χ4n) is 1.51. The molecule has 84 valence electrons. The van der Waals surface area contributed by atoms with Crippen LogP contribution in [0.3, 0.4) is 0 Å². The van der Waals surface area contributed by atoms with Crippen LogP contribution in [-0.4, -0.2) is 11.7 Å². The van der Waals surface area contributed by atoms with Crippen LogP contribution in [0.15, 0.2) is 18.2 Å². The molecule has 1 aromatic rings. The van der Waals surface area contributed by atoms with Gasteiger partial charge >= 0.3 is 0 Å². The van der Waals surface area contributed by atoms with Crippen LogP contribution in [0, 0.1) is 6.92 Å². The zero-order chi connectivity index (χ0) is 11.1. The molecule has 1 rings (SSSR count). The molecule has 0 spiro atoms. The van der Waals surface area contributed by atoms with Crippen molar-refractivity contribution in [3.05, 3.63) is 29.3 Å². The molecule has 0 heterocycles. The first-order chi connectivity index (χ1) is 7.27. The highest BCUT2D eigenvalue weighted by Crippen LogP contribution is 2.20. The molecular weight excluding hydrogens is 188 g/mol. The summed E-state index contributed by atoms with van der Waals surface area (Å²) in [5.74, 6) is 0.819. The van der Waals surface area contributed by atoms with E-state index in [-0.39, 0.29) is 6.61 Å². The molecule has 0 aromatic heterocycles. The number of hydrogen-bond donors (Lipinski definition) is 1. The monoisotopic (exact) mass is 208 g/mol. The molecule has 0 aliphatic rings. The summed E-state index contributed by atoms with van der Waals surface area (Å²) in [6, 6.07) is 5.91. The third-order valence-electron chi connectivity index (χ3n) is 2.39. The van der Waals surface area contributed by atoms with Crippen LogP contribution >= 0.6 is 0 Å². The second-order valence-corrected chi connectivity index (χ2v) is 3.82. The number of unbranched alkanes of at least 4 members (excludes halogenated alkanes) is 2. The molecule has 1 N–H and O–H groups in total. The summed E-state index contributed by atoms with van der Waals surface area (Å²) < 4.78 is 5.63. The van der Waals surface area contributed by atoms with Crippen molar-refractivity contribution in [3.8, 4) is 5.75 Å². The second kappa shape index (κ2) is 6.46. The van der Waals surface area contributed by atoms with Gasteiger partial charge in [-0.15, -0.1) is 0 Å². The molecule has 0 radical (unpaired) electrons. The number of hydrogen-bond acceptors (Lipinski definition) is 2.